The molecule has 0 spiro atoms. The van der Waals surface area contributed by atoms with Gasteiger partial charge in [0, 0.05) is 18.7 Å². The molecule has 78 valence electrons. The summed E-state index contributed by atoms with van der Waals surface area (Å²) in [5.74, 6) is 13.0. The average molecular weight is 211 g/mol. The maximum absolute atomic E-state index is 5.57. The quantitative estimate of drug-likeness (QED) is 0.366. The molecule has 0 aromatic rings. The van der Waals surface area contributed by atoms with Crippen LogP contribution in [0, 0.1) is 23.7 Å². The molecule has 0 bridgehead atoms. The minimum atomic E-state index is 0.732. The molecule has 1 heteroatoms. The van der Waals surface area contributed by atoms with Crippen LogP contribution in [0.25, 0.3) is 0 Å². The van der Waals surface area contributed by atoms with E-state index in [0.29, 0.717) is 0 Å². The summed E-state index contributed by atoms with van der Waals surface area (Å²) in [5.41, 5.74) is 0. The van der Waals surface area contributed by atoms with Crippen molar-refractivity contribution in [3.63, 3.8) is 0 Å². The van der Waals surface area contributed by atoms with E-state index in [1.165, 1.54) is 19.3 Å². The summed E-state index contributed by atoms with van der Waals surface area (Å²) >= 11 is 5.57. The smallest absolute Gasteiger partial charge is 0.0702 e. The van der Waals surface area contributed by atoms with Crippen LogP contribution in [0.3, 0.4) is 0 Å². The van der Waals surface area contributed by atoms with Gasteiger partial charge in [0.1, 0.15) is 0 Å². The molecular formula is C13H19Cl. The summed E-state index contributed by atoms with van der Waals surface area (Å²) in [4.78, 5) is 0. The molecule has 0 N–H and O–H groups in total. The number of hydrogen-bond donors (Lipinski definition) is 0. The van der Waals surface area contributed by atoms with Crippen molar-refractivity contribution in [1.82, 2.24) is 0 Å². The van der Waals surface area contributed by atoms with Crippen molar-refractivity contribution < 1.29 is 0 Å². The van der Waals surface area contributed by atoms with Crippen LogP contribution < -0.4 is 0 Å². The molecule has 0 saturated carbocycles. The fourth-order valence-electron chi connectivity index (χ4n) is 1.04. The first kappa shape index (κ1) is 13.4. The molecule has 0 fully saturated rings. The Labute approximate surface area is 93.4 Å². The predicted molar refractivity (Wildman–Crippen MR) is 64.3 cm³/mol. The Morgan fingerprint density at radius 2 is 1.57 bits per heavy atom. The maximum atomic E-state index is 5.57. The van der Waals surface area contributed by atoms with E-state index in [9.17, 15) is 0 Å². The largest absolute Gasteiger partial charge is 0.127 e. The molecule has 0 aliphatic heterocycles. The second-order valence-electron chi connectivity index (χ2n) is 3.09. The third kappa shape index (κ3) is 11.4. The molecule has 0 aromatic heterocycles. The van der Waals surface area contributed by atoms with Crippen LogP contribution in [0.5, 0.6) is 0 Å². The minimum absolute atomic E-state index is 0.732. The van der Waals surface area contributed by atoms with E-state index in [1.54, 1.807) is 0 Å². The van der Waals surface area contributed by atoms with Crippen molar-refractivity contribution in [1.29, 1.82) is 0 Å². The molecule has 0 unspecified atom stereocenters. The Balaban J connectivity index is 3.17. The Bertz CT molecular complexity index is 221. The lowest BCUT2D eigenvalue weighted by molar-refractivity contribution is 0.682. The average Bonchev–Trinajstić information content (AvgIpc) is 2.21. The van der Waals surface area contributed by atoms with Crippen LogP contribution in [-0.4, -0.2) is 5.88 Å². The van der Waals surface area contributed by atoms with Gasteiger partial charge >= 0.3 is 0 Å². The van der Waals surface area contributed by atoms with E-state index in [-0.39, 0.29) is 0 Å². The lowest BCUT2D eigenvalue weighted by Gasteiger charge is -1.93. The third-order valence-corrected chi connectivity index (χ3v) is 2.06. The highest BCUT2D eigenvalue weighted by molar-refractivity contribution is 6.17. The molecule has 0 amide bonds. The molecule has 0 heterocycles. The topological polar surface area (TPSA) is 0 Å². The predicted octanol–water partition coefficient (Wildman–Crippen LogP) is 3.98. The third-order valence-electron chi connectivity index (χ3n) is 1.79. The molecule has 0 aliphatic rings. The van der Waals surface area contributed by atoms with Gasteiger partial charge in [-0.3, -0.25) is 0 Å². The summed E-state index contributed by atoms with van der Waals surface area (Å²) < 4.78 is 0. The minimum Gasteiger partial charge on any atom is -0.127 e. The van der Waals surface area contributed by atoms with Gasteiger partial charge in [0.05, 0.1) is 6.42 Å². The first-order valence-electron chi connectivity index (χ1n) is 5.39. The summed E-state index contributed by atoms with van der Waals surface area (Å²) in [6.45, 7) is 2.05. The fraction of sp³-hybridized carbons (Fsp3) is 0.692. The van der Waals surface area contributed by atoms with Gasteiger partial charge in [-0.2, -0.15) is 0 Å². The molecule has 0 saturated heterocycles. The van der Waals surface area contributed by atoms with Crippen LogP contribution in [-0.2, 0) is 0 Å². The highest BCUT2D eigenvalue weighted by Crippen LogP contribution is 2.02. The normalized spacial score (nSPS) is 8.43. The van der Waals surface area contributed by atoms with Crippen molar-refractivity contribution in [3.8, 4) is 23.7 Å². The van der Waals surface area contributed by atoms with Crippen molar-refractivity contribution in [3.05, 3.63) is 0 Å². The molecule has 0 aromatic carbocycles. The zero-order valence-electron chi connectivity index (χ0n) is 9.03. The van der Waals surface area contributed by atoms with Gasteiger partial charge in [-0.15, -0.1) is 23.4 Å². The Morgan fingerprint density at radius 1 is 0.857 bits per heavy atom. The standard InChI is InChI=1S/C13H19Cl/c1-2-3-4-5-6-7-8-9-10-11-12-13-14/h2,5,8-13H2,1H3. The number of alkyl halides is 1. The Morgan fingerprint density at radius 3 is 2.29 bits per heavy atom. The second kappa shape index (κ2) is 12.4. The number of halogens is 1. The van der Waals surface area contributed by atoms with Gasteiger partial charge in [0.15, 0.2) is 0 Å². The molecule has 0 rings (SSSR count). The van der Waals surface area contributed by atoms with Crippen LogP contribution in [0.15, 0.2) is 0 Å². The van der Waals surface area contributed by atoms with Crippen LogP contribution in [0.1, 0.15) is 51.9 Å². The van der Waals surface area contributed by atoms with Gasteiger partial charge in [0.25, 0.3) is 0 Å². The van der Waals surface area contributed by atoms with Gasteiger partial charge in [0.2, 0.25) is 0 Å². The molecule has 0 atom stereocenters. The zero-order chi connectivity index (χ0) is 10.5. The van der Waals surface area contributed by atoms with E-state index in [4.69, 9.17) is 11.6 Å². The Hall–Kier alpha value is -0.590. The summed E-state index contributed by atoms with van der Waals surface area (Å²) in [6, 6.07) is 0. The molecule has 14 heavy (non-hydrogen) atoms. The first-order chi connectivity index (χ1) is 6.91. The lowest BCUT2D eigenvalue weighted by Crippen LogP contribution is -1.78. The molecular weight excluding hydrogens is 192 g/mol. The van der Waals surface area contributed by atoms with Crippen LogP contribution in [0.2, 0.25) is 0 Å². The van der Waals surface area contributed by atoms with Gasteiger partial charge < -0.3 is 0 Å². The van der Waals surface area contributed by atoms with Crippen molar-refractivity contribution in [2.75, 3.05) is 5.88 Å². The van der Waals surface area contributed by atoms with Crippen molar-refractivity contribution in [2.45, 2.75) is 51.9 Å². The van der Waals surface area contributed by atoms with E-state index >= 15 is 0 Å². The summed E-state index contributed by atoms with van der Waals surface area (Å²) in [6.07, 6.45) is 7.50. The first-order valence-corrected chi connectivity index (χ1v) is 5.92. The SMILES string of the molecule is CCC#CCC#CCCCCCCCl. The van der Waals surface area contributed by atoms with Gasteiger partial charge in [-0.05, 0) is 12.8 Å². The van der Waals surface area contributed by atoms with E-state index in [0.717, 1.165) is 31.6 Å². The van der Waals surface area contributed by atoms with E-state index < -0.39 is 0 Å². The zero-order valence-corrected chi connectivity index (χ0v) is 9.79. The van der Waals surface area contributed by atoms with E-state index in [1.807, 2.05) is 0 Å². The van der Waals surface area contributed by atoms with Gasteiger partial charge in [-0.25, -0.2) is 0 Å². The fourth-order valence-corrected chi connectivity index (χ4v) is 1.23. The Kier molecular flexibility index (Phi) is 11.9. The maximum Gasteiger partial charge on any atom is 0.0702 e. The summed E-state index contributed by atoms with van der Waals surface area (Å²) in [5, 5.41) is 0. The molecule has 0 nitrogen and oxygen atoms in total. The van der Waals surface area contributed by atoms with Crippen LogP contribution in [0.4, 0.5) is 0 Å². The monoisotopic (exact) mass is 210 g/mol. The van der Waals surface area contributed by atoms with Crippen molar-refractivity contribution in [2.24, 2.45) is 0 Å². The lowest BCUT2D eigenvalue weighted by atomic mass is 10.1. The van der Waals surface area contributed by atoms with Crippen LogP contribution >= 0.6 is 11.6 Å². The molecule has 0 radical (unpaired) electrons. The van der Waals surface area contributed by atoms with Crippen molar-refractivity contribution >= 4 is 11.6 Å². The number of hydrogen-bond acceptors (Lipinski definition) is 0. The second-order valence-corrected chi connectivity index (χ2v) is 3.47. The molecule has 0 aliphatic carbocycles. The van der Waals surface area contributed by atoms with Gasteiger partial charge in [-0.1, -0.05) is 31.6 Å². The summed E-state index contributed by atoms with van der Waals surface area (Å²) in [7, 11) is 0. The number of unbranched alkanes of at least 4 members (excludes halogenated alkanes) is 4. The van der Waals surface area contributed by atoms with E-state index in [2.05, 4.69) is 30.6 Å². The highest BCUT2D eigenvalue weighted by atomic mass is 35.5. The number of rotatable bonds is 5. The highest BCUT2D eigenvalue weighted by Gasteiger charge is 1.86.